The van der Waals surface area contributed by atoms with Crippen molar-refractivity contribution in [1.29, 1.82) is 0 Å². The van der Waals surface area contributed by atoms with Crippen LogP contribution in [0, 0.1) is 0 Å². The standard InChI is InChI=1S/C7H18NO4P.C4H6O2/c1-5-11-13(9,10)12-7-6-8(2,3)4;1-3-4(5)6-2/h5-7H2,1-4H3;3H,1H2,2H3/p+1. The third-order valence-electron chi connectivity index (χ3n) is 1.68. The molecule has 0 amide bonds. The van der Waals surface area contributed by atoms with Crippen molar-refractivity contribution in [3.05, 3.63) is 12.7 Å². The van der Waals surface area contributed by atoms with Crippen LogP contribution >= 0.6 is 7.82 Å². The fourth-order valence-electron chi connectivity index (χ4n) is 0.714. The van der Waals surface area contributed by atoms with Gasteiger partial charge in [-0.15, -0.1) is 0 Å². The molecule has 0 rings (SSSR count). The van der Waals surface area contributed by atoms with Crippen LogP contribution < -0.4 is 0 Å². The second-order valence-corrected chi connectivity index (χ2v) is 5.91. The lowest BCUT2D eigenvalue weighted by molar-refractivity contribution is -0.870. The lowest BCUT2D eigenvalue weighted by atomic mass is 10.5. The van der Waals surface area contributed by atoms with Gasteiger partial charge in [0.1, 0.15) is 13.2 Å². The van der Waals surface area contributed by atoms with Crippen molar-refractivity contribution >= 4 is 13.8 Å². The number of nitrogens with zero attached hydrogens (tertiary/aromatic N) is 1. The normalized spacial score (nSPS) is 13.8. The number of ether oxygens (including phenoxy) is 1. The Labute approximate surface area is 115 Å². The van der Waals surface area contributed by atoms with Crippen LogP contribution in [0.15, 0.2) is 12.7 Å². The van der Waals surface area contributed by atoms with Crippen molar-refractivity contribution < 1.29 is 32.5 Å². The molecule has 0 fully saturated rings. The number of rotatable bonds is 7. The highest BCUT2D eigenvalue weighted by atomic mass is 31.2. The molecule has 19 heavy (non-hydrogen) atoms. The highest BCUT2D eigenvalue weighted by Crippen LogP contribution is 2.42. The molecule has 1 atom stereocenters. The quantitative estimate of drug-likeness (QED) is 0.329. The van der Waals surface area contributed by atoms with Gasteiger partial charge in [-0.2, -0.15) is 0 Å². The number of phosphoric ester groups is 1. The van der Waals surface area contributed by atoms with Crippen molar-refractivity contribution in [2.24, 2.45) is 0 Å². The fourth-order valence-corrected chi connectivity index (χ4v) is 1.43. The molecule has 0 saturated heterocycles. The molecule has 1 N–H and O–H groups in total. The summed E-state index contributed by atoms with van der Waals surface area (Å²) in [5.74, 6) is -0.394. The molecule has 7 nitrogen and oxygen atoms in total. The zero-order valence-corrected chi connectivity index (χ0v) is 13.2. The Kier molecular flexibility index (Phi) is 11.0. The van der Waals surface area contributed by atoms with E-state index in [4.69, 9.17) is 9.42 Å². The Bertz CT molecular complexity index is 313. The molecule has 0 saturated carbocycles. The Hall–Kier alpha value is -0.720. The van der Waals surface area contributed by atoms with Gasteiger partial charge in [0.05, 0.1) is 34.9 Å². The molecule has 114 valence electrons. The lowest BCUT2D eigenvalue weighted by Crippen LogP contribution is -2.37. The summed E-state index contributed by atoms with van der Waals surface area (Å²) in [6.45, 7) is 5.86. The summed E-state index contributed by atoms with van der Waals surface area (Å²) >= 11 is 0. The topological polar surface area (TPSA) is 82.1 Å². The lowest BCUT2D eigenvalue weighted by Gasteiger charge is -2.23. The first-order valence-corrected chi connectivity index (χ1v) is 7.20. The number of methoxy groups -OCH3 is 1. The van der Waals surface area contributed by atoms with E-state index in [-0.39, 0.29) is 13.2 Å². The largest absolute Gasteiger partial charge is 0.472 e. The minimum atomic E-state index is -3.79. The number of hydrogen-bond acceptors (Lipinski definition) is 5. The zero-order valence-electron chi connectivity index (χ0n) is 12.3. The van der Waals surface area contributed by atoms with Gasteiger partial charge in [0, 0.05) is 6.08 Å². The molecule has 0 aliphatic heterocycles. The van der Waals surface area contributed by atoms with E-state index < -0.39 is 13.8 Å². The minimum Gasteiger partial charge on any atom is -0.466 e. The van der Waals surface area contributed by atoms with Gasteiger partial charge in [-0.3, -0.25) is 9.05 Å². The van der Waals surface area contributed by atoms with E-state index in [0.29, 0.717) is 11.0 Å². The summed E-state index contributed by atoms with van der Waals surface area (Å²) < 4.78 is 25.1. The Morgan fingerprint density at radius 3 is 2.16 bits per heavy atom. The summed E-state index contributed by atoms with van der Waals surface area (Å²) in [5.41, 5.74) is 0. The Morgan fingerprint density at radius 2 is 1.89 bits per heavy atom. The number of carbonyl (C=O) groups excluding carboxylic acids is 1. The first kappa shape index (κ1) is 20.6. The first-order chi connectivity index (χ1) is 8.58. The number of phosphoric acid groups is 1. The van der Waals surface area contributed by atoms with Crippen LogP contribution in [-0.4, -0.2) is 63.4 Å². The zero-order chi connectivity index (χ0) is 15.5. The average Bonchev–Trinajstić information content (AvgIpc) is 2.26. The SMILES string of the molecule is C=CC(=O)OC.CCOP(=O)(O)OCC[N+](C)(C)C. The van der Waals surface area contributed by atoms with Crippen molar-refractivity contribution in [1.82, 2.24) is 0 Å². The first-order valence-electron chi connectivity index (χ1n) is 5.70. The van der Waals surface area contributed by atoms with Gasteiger partial charge in [0.2, 0.25) is 0 Å². The monoisotopic (exact) mass is 298 g/mol. The van der Waals surface area contributed by atoms with E-state index in [1.54, 1.807) is 6.92 Å². The maximum Gasteiger partial charge on any atom is 0.472 e. The van der Waals surface area contributed by atoms with Crippen LogP contribution in [0.25, 0.3) is 0 Å². The molecule has 1 unspecified atom stereocenters. The summed E-state index contributed by atoms with van der Waals surface area (Å²) in [6.07, 6.45) is 1.11. The van der Waals surface area contributed by atoms with Crippen LogP contribution in [0.5, 0.6) is 0 Å². The number of esters is 1. The third kappa shape index (κ3) is 17.3. The van der Waals surface area contributed by atoms with Gasteiger partial charge in [0.15, 0.2) is 0 Å². The predicted octanol–water partition coefficient (Wildman–Crippen LogP) is 1.19. The van der Waals surface area contributed by atoms with Gasteiger partial charge in [-0.05, 0) is 6.92 Å². The van der Waals surface area contributed by atoms with Crippen LogP contribution in [0.1, 0.15) is 6.92 Å². The van der Waals surface area contributed by atoms with Crippen LogP contribution in [0.3, 0.4) is 0 Å². The molecule has 0 heterocycles. The molecular weight excluding hydrogens is 273 g/mol. The van der Waals surface area contributed by atoms with Crippen molar-refractivity contribution in [3.63, 3.8) is 0 Å². The van der Waals surface area contributed by atoms with Gasteiger partial charge < -0.3 is 14.1 Å². The summed E-state index contributed by atoms with van der Waals surface area (Å²) in [6, 6.07) is 0. The van der Waals surface area contributed by atoms with E-state index in [9.17, 15) is 9.36 Å². The highest BCUT2D eigenvalue weighted by Gasteiger charge is 2.21. The Balaban J connectivity index is 0. The summed E-state index contributed by atoms with van der Waals surface area (Å²) in [7, 11) is 3.46. The molecule has 8 heteroatoms. The summed E-state index contributed by atoms with van der Waals surface area (Å²) in [4.78, 5) is 18.9. The second-order valence-electron chi connectivity index (χ2n) is 4.46. The average molecular weight is 298 g/mol. The molecule has 0 spiro atoms. The van der Waals surface area contributed by atoms with Gasteiger partial charge in [-0.1, -0.05) is 6.58 Å². The van der Waals surface area contributed by atoms with Crippen molar-refractivity contribution in [2.45, 2.75) is 6.92 Å². The van der Waals surface area contributed by atoms with E-state index in [1.807, 2.05) is 21.1 Å². The van der Waals surface area contributed by atoms with E-state index >= 15 is 0 Å². The van der Waals surface area contributed by atoms with Gasteiger partial charge >= 0.3 is 13.8 Å². The second kappa shape index (κ2) is 10.1. The van der Waals surface area contributed by atoms with Crippen LogP contribution in [0.2, 0.25) is 0 Å². The molecule has 0 radical (unpaired) electrons. The molecule has 0 aliphatic carbocycles. The number of carbonyl (C=O) groups is 1. The smallest absolute Gasteiger partial charge is 0.466 e. The van der Waals surface area contributed by atoms with E-state index in [2.05, 4.69) is 15.8 Å². The van der Waals surface area contributed by atoms with E-state index in [0.717, 1.165) is 6.08 Å². The Morgan fingerprint density at radius 1 is 1.37 bits per heavy atom. The molecule has 0 aromatic rings. The van der Waals surface area contributed by atoms with Crippen molar-refractivity contribution in [2.75, 3.05) is 48.0 Å². The van der Waals surface area contributed by atoms with Crippen molar-refractivity contribution in [3.8, 4) is 0 Å². The maximum absolute atomic E-state index is 11.0. The number of likely N-dealkylation sites (N-methyl/N-ethyl adjacent to an activating group) is 1. The maximum atomic E-state index is 11.0. The summed E-state index contributed by atoms with van der Waals surface area (Å²) in [5, 5.41) is 0. The number of quaternary nitrogens is 1. The predicted molar refractivity (Wildman–Crippen MR) is 72.5 cm³/mol. The van der Waals surface area contributed by atoms with Gasteiger partial charge in [-0.25, -0.2) is 9.36 Å². The molecule has 0 aromatic heterocycles. The fraction of sp³-hybridized carbons (Fsp3) is 0.727. The molecular formula is C11H25NO6P+. The van der Waals surface area contributed by atoms with E-state index in [1.165, 1.54) is 7.11 Å². The molecule has 0 bridgehead atoms. The highest BCUT2D eigenvalue weighted by molar-refractivity contribution is 7.47. The van der Waals surface area contributed by atoms with Crippen LogP contribution in [0.4, 0.5) is 0 Å². The van der Waals surface area contributed by atoms with Gasteiger partial charge in [0.25, 0.3) is 0 Å². The minimum absolute atomic E-state index is 0.179. The van der Waals surface area contributed by atoms with Crippen LogP contribution in [-0.2, 0) is 23.1 Å². The molecule has 0 aromatic carbocycles. The molecule has 0 aliphatic rings. The number of hydrogen-bond donors (Lipinski definition) is 1. The third-order valence-corrected chi connectivity index (χ3v) is 2.77.